The number of piperidine rings is 1. The van der Waals surface area contributed by atoms with E-state index in [4.69, 9.17) is 0 Å². The van der Waals surface area contributed by atoms with Gasteiger partial charge in [0, 0.05) is 29.8 Å². The highest BCUT2D eigenvalue weighted by molar-refractivity contribution is 8.00. The molecule has 26 heavy (non-hydrogen) atoms. The van der Waals surface area contributed by atoms with E-state index in [0.717, 1.165) is 29.9 Å². The van der Waals surface area contributed by atoms with Crippen molar-refractivity contribution in [2.24, 2.45) is 5.92 Å². The molecule has 3 atom stereocenters. The molecule has 138 valence electrons. The zero-order valence-electron chi connectivity index (χ0n) is 14.8. The molecule has 7 nitrogen and oxygen atoms in total. The van der Waals surface area contributed by atoms with E-state index in [2.05, 4.69) is 32.4 Å². The normalized spacial score (nSPS) is 32.2. The van der Waals surface area contributed by atoms with Crippen LogP contribution < -0.4 is 15.5 Å². The lowest BCUT2D eigenvalue weighted by atomic mass is 9.79. The van der Waals surface area contributed by atoms with Crippen LogP contribution in [0.25, 0.3) is 0 Å². The minimum atomic E-state index is -0.735. The monoisotopic (exact) mass is 373 g/mol. The summed E-state index contributed by atoms with van der Waals surface area (Å²) in [7, 11) is 0. The third kappa shape index (κ3) is 2.41. The number of aromatic nitrogens is 2. The first-order valence-electron chi connectivity index (χ1n) is 9.46. The van der Waals surface area contributed by atoms with Crippen LogP contribution in [-0.4, -0.2) is 45.8 Å². The highest BCUT2D eigenvalue weighted by Gasteiger charge is 2.49. The summed E-state index contributed by atoms with van der Waals surface area (Å²) in [6.45, 7) is 3.78. The molecular formula is C18H23N5O2S. The molecule has 1 aromatic heterocycles. The van der Waals surface area contributed by atoms with E-state index in [1.807, 2.05) is 11.8 Å². The Morgan fingerprint density at radius 3 is 2.77 bits per heavy atom. The molecule has 2 N–H and O–H groups in total. The summed E-state index contributed by atoms with van der Waals surface area (Å²) in [6.07, 6.45) is 6.63. The number of carbonyl (C=O) groups excluding carboxylic acids is 2. The smallest absolute Gasteiger partial charge is 0.322 e. The maximum atomic E-state index is 12.2. The number of thioether (sulfide) groups is 1. The first-order valence-corrected chi connectivity index (χ1v) is 10.3. The van der Waals surface area contributed by atoms with Crippen molar-refractivity contribution in [1.82, 2.24) is 20.6 Å². The Morgan fingerprint density at radius 2 is 2.04 bits per heavy atom. The summed E-state index contributed by atoms with van der Waals surface area (Å²) in [5, 5.41) is 6.98. The van der Waals surface area contributed by atoms with Crippen molar-refractivity contribution in [2.75, 3.05) is 18.0 Å². The van der Waals surface area contributed by atoms with Crippen LogP contribution in [0.3, 0.4) is 0 Å². The van der Waals surface area contributed by atoms with Crippen LogP contribution in [0.5, 0.6) is 0 Å². The number of imide groups is 1. The minimum Gasteiger partial charge on any atom is -0.356 e. The van der Waals surface area contributed by atoms with Gasteiger partial charge in [-0.1, -0.05) is 13.3 Å². The molecule has 1 aliphatic carbocycles. The lowest BCUT2D eigenvalue weighted by molar-refractivity contribution is -0.124. The molecule has 5 rings (SSSR count). The van der Waals surface area contributed by atoms with Crippen LogP contribution in [0, 0.1) is 5.92 Å². The van der Waals surface area contributed by atoms with Crippen molar-refractivity contribution >= 4 is 29.5 Å². The Morgan fingerprint density at radius 1 is 1.23 bits per heavy atom. The second-order valence-electron chi connectivity index (χ2n) is 8.07. The quantitative estimate of drug-likeness (QED) is 0.579. The number of nitrogens with zero attached hydrogens (tertiary/aromatic N) is 3. The average molecular weight is 373 g/mol. The molecule has 3 aliphatic heterocycles. The molecule has 0 bridgehead atoms. The van der Waals surface area contributed by atoms with E-state index in [1.54, 1.807) is 6.33 Å². The van der Waals surface area contributed by atoms with Gasteiger partial charge in [0.25, 0.3) is 5.91 Å². The van der Waals surface area contributed by atoms with Gasteiger partial charge in [-0.3, -0.25) is 10.1 Å². The van der Waals surface area contributed by atoms with Crippen molar-refractivity contribution in [1.29, 1.82) is 0 Å². The topological polar surface area (TPSA) is 87.2 Å². The van der Waals surface area contributed by atoms with Crippen LogP contribution in [0.4, 0.5) is 10.6 Å². The van der Waals surface area contributed by atoms with Crippen LogP contribution in [0.2, 0.25) is 0 Å². The Kier molecular flexibility index (Phi) is 3.67. The van der Waals surface area contributed by atoms with E-state index in [1.165, 1.54) is 24.8 Å². The van der Waals surface area contributed by atoms with Gasteiger partial charge < -0.3 is 10.2 Å². The van der Waals surface area contributed by atoms with Gasteiger partial charge in [-0.15, -0.1) is 11.8 Å². The van der Waals surface area contributed by atoms with Gasteiger partial charge in [0.2, 0.25) is 0 Å². The van der Waals surface area contributed by atoms with Gasteiger partial charge in [0.1, 0.15) is 22.7 Å². The van der Waals surface area contributed by atoms with Crippen molar-refractivity contribution in [3.63, 3.8) is 0 Å². The van der Waals surface area contributed by atoms with E-state index < -0.39 is 5.54 Å². The molecule has 1 spiro atoms. The Balaban J connectivity index is 1.39. The molecule has 3 unspecified atom stereocenters. The Hall–Kier alpha value is -1.83. The summed E-state index contributed by atoms with van der Waals surface area (Å²) < 4.78 is 0. The standard InChI is InChI=1S/C18H23N5O2S/c1-10-2-3-11-12(8-10)26-15-13(11)14(19-9-20-15)23-6-4-18(5-7-23)16(24)21-17(25)22-18/h9-12H,2-8H2,1H3,(H2,21,22,24,25). The van der Waals surface area contributed by atoms with Gasteiger partial charge in [0.15, 0.2) is 0 Å². The van der Waals surface area contributed by atoms with E-state index >= 15 is 0 Å². The van der Waals surface area contributed by atoms with Gasteiger partial charge in [0.05, 0.1) is 0 Å². The highest BCUT2D eigenvalue weighted by Crippen LogP contribution is 2.54. The molecule has 4 heterocycles. The number of anilines is 1. The number of hydrogen-bond donors (Lipinski definition) is 2. The molecule has 0 aromatic carbocycles. The van der Waals surface area contributed by atoms with E-state index in [9.17, 15) is 9.59 Å². The Labute approximate surface area is 156 Å². The fourth-order valence-corrected chi connectivity index (χ4v) is 6.58. The third-order valence-corrected chi connectivity index (χ3v) is 7.82. The summed E-state index contributed by atoms with van der Waals surface area (Å²) in [6, 6.07) is -0.373. The molecule has 3 amide bonds. The maximum absolute atomic E-state index is 12.2. The number of rotatable bonds is 1. The van der Waals surface area contributed by atoms with Crippen LogP contribution in [0.15, 0.2) is 11.4 Å². The van der Waals surface area contributed by atoms with Crippen molar-refractivity contribution in [3.05, 3.63) is 11.9 Å². The van der Waals surface area contributed by atoms with Crippen LogP contribution in [-0.2, 0) is 4.79 Å². The zero-order valence-corrected chi connectivity index (χ0v) is 15.6. The number of nitrogens with one attached hydrogen (secondary N) is 2. The van der Waals surface area contributed by atoms with Crippen LogP contribution in [0.1, 0.15) is 50.5 Å². The van der Waals surface area contributed by atoms with Crippen LogP contribution >= 0.6 is 11.8 Å². The zero-order chi connectivity index (χ0) is 17.9. The number of amides is 3. The van der Waals surface area contributed by atoms with Crippen molar-refractivity contribution in [2.45, 2.75) is 60.8 Å². The molecule has 3 fully saturated rings. The number of carbonyl (C=O) groups is 2. The molecule has 8 heteroatoms. The summed E-state index contributed by atoms with van der Waals surface area (Å²) in [4.78, 5) is 35.2. The lowest BCUT2D eigenvalue weighted by Crippen LogP contribution is -2.55. The SMILES string of the molecule is CC1CCC2c3c(ncnc3N3CCC4(CC3)NC(=O)NC4=O)SC2C1. The van der Waals surface area contributed by atoms with E-state index in [-0.39, 0.29) is 11.9 Å². The second-order valence-corrected chi connectivity index (χ2v) is 9.30. The number of urea groups is 1. The predicted octanol–water partition coefficient (Wildman–Crippen LogP) is 2.03. The first-order chi connectivity index (χ1) is 12.6. The van der Waals surface area contributed by atoms with Gasteiger partial charge in [-0.05, 0) is 31.6 Å². The highest BCUT2D eigenvalue weighted by atomic mass is 32.2. The molecule has 0 radical (unpaired) electrons. The minimum absolute atomic E-state index is 0.188. The molecule has 2 saturated heterocycles. The number of fused-ring (bicyclic) bond motifs is 3. The van der Waals surface area contributed by atoms with Gasteiger partial charge in [-0.25, -0.2) is 14.8 Å². The average Bonchev–Trinajstić information content (AvgIpc) is 3.12. The van der Waals surface area contributed by atoms with Crippen molar-refractivity contribution in [3.8, 4) is 0 Å². The van der Waals surface area contributed by atoms with Crippen molar-refractivity contribution < 1.29 is 9.59 Å². The largest absolute Gasteiger partial charge is 0.356 e. The lowest BCUT2D eigenvalue weighted by Gasteiger charge is -2.39. The number of hydrogen-bond acceptors (Lipinski definition) is 6. The van der Waals surface area contributed by atoms with Gasteiger partial charge in [-0.2, -0.15) is 0 Å². The molecule has 1 aromatic rings. The Bertz CT molecular complexity index is 777. The fraction of sp³-hybridized carbons (Fsp3) is 0.667. The van der Waals surface area contributed by atoms with E-state index in [0.29, 0.717) is 24.0 Å². The van der Waals surface area contributed by atoms with Gasteiger partial charge >= 0.3 is 6.03 Å². The maximum Gasteiger partial charge on any atom is 0.322 e. The summed E-state index contributed by atoms with van der Waals surface area (Å²) in [5.74, 6) is 2.19. The molecule has 4 aliphatic rings. The molecular weight excluding hydrogens is 350 g/mol. The fourth-order valence-electron chi connectivity index (χ4n) is 4.95. The second kappa shape index (κ2) is 5.84. The first kappa shape index (κ1) is 16.4. The summed E-state index contributed by atoms with van der Waals surface area (Å²) in [5.41, 5.74) is 0.590. The summed E-state index contributed by atoms with van der Waals surface area (Å²) >= 11 is 1.92. The molecule has 1 saturated carbocycles. The third-order valence-electron chi connectivity index (χ3n) is 6.45. The predicted molar refractivity (Wildman–Crippen MR) is 98.3 cm³/mol.